The van der Waals surface area contributed by atoms with E-state index in [2.05, 4.69) is 24.5 Å². The molecule has 1 saturated carbocycles. The van der Waals surface area contributed by atoms with Crippen LogP contribution in [0.25, 0.3) is 0 Å². The van der Waals surface area contributed by atoms with Gasteiger partial charge in [-0.1, -0.05) is 33.1 Å². The van der Waals surface area contributed by atoms with Crippen LogP contribution < -0.4 is 10.6 Å². The monoisotopic (exact) mass is 312 g/mol. The molecular formula is C18H36N2O2. The Balaban J connectivity index is 2.38. The van der Waals surface area contributed by atoms with Crippen molar-refractivity contribution < 1.29 is 9.53 Å². The van der Waals surface area contributed by atoms with Gasteiger partial charge in [0.05, 0.1) is 0 Å². The summed E-state index contributed by atoms with van der Waals surface area (Å²) in [5.74, 6) is 0.878. The predicted molar refractivity (Wildman–Crippen MR) is 92.1 cm³/mol. The van der Waals surface area contributed by atoms with Crippen molar-refractivity contribution in [3.63, 3.8) is 0 Å². The molecule has 0 aliphatic heterocycles. The molecule has 1 amide bonds. The fourth-order valence-corrected chi connectivity index (χ4v) is 3.15. The summed E-state index contributed by atoms with van der Waals surface area (Å²) in [4.78, 5) is 11.8. The highest BCUT2D eigenvalue weighted by Gasteiger charge is 2.25. The third-order valence-electron chi connectivity index (χ3n) is 4.39. The van der Waals surface area contributed by atoms with E-state index in [1.54, 1.807) is 0 Å². The number of ether oxygens (including phenoxy) is 1. The van der Waals surface area contributed by atoms with Crippen molar-refractivity contribution in [3.8, 4) is 0 Å². The van der Waals surface area contributed by atoms with Crippen molar-refractivity contribution in [2.45, 2.75) is 97.2 Å². The standard InChI is InChI=1S/C18H36N2O2/c1-6-8-9-16(13-19-17(21)22-18(3,4)5)20-15-11-10-14(7-2)12-15/h14-16,20H,6-13H2,1-5H3,(H,19,21). The van der Waals surface area contributed by atoms with Gasteiger partial charge in [0.15, 0.2) is 0 Å². The second-order valence-corrected chi connectivity index (χ2v) is 7.67. The summed E-state index contributed by atoms with van der Waals surface area (Å²) in [6, 6.07) is 0.973. The lowest BCUT2D eigenvalue weighted by atomic mass is 10.0. The fourth-order valence-electron chi connectivity index (χ4n) is 3.15. The fraction of sp³-hybridized carbons (Fsp3) is 0.944. The third kappa shape index (κ3) is 8.02. The first-order valence-electron chi connectivity index (χ1n) is 9.07. The van der Waals surface area contributed by atoms with E-state index >= 15 is 0 Å². The maximum atomic E-state index is 11.8. The van der Waals surface area contributed by atoms with Crippen molar-refractivity contribution in [3.05, 3.63) is 0 Å². The third-order valence-corrected chi connectivity index (χ3v) is 4.39. The molecule has 0 aromatic rings. The molecule has 1 rings (SSSR count). The first-order chi connectivity index (χ1) is 10.3. The zero-order valence-electron chi connectivity index (χ0n) is 15.2. The van der Waals surface area contributed by atoms with E-state index in [-0.39, 0.29) is 6.09 Å². The largest absolute Gasteiger partial charge is 0.444 e. The summed E-state index contributed by atoms with van der Waals surface area (Å²) >= 11 is 0. The Morgan fingerprint density at radius 1 is 1.27 bits per heavy atom. The summed E-state index contributed by atoms with van der Waals surface area (Å²) in [6.45, 7) is 10.8. The molecule has 0 heterocycles. The summed E-state index contributed by atoms with van der Waals surface area (Å²) < 4.78 is 5.32. The molecule has 0 aromatic heterocycles. The average Bonchev–Trinajstić information content (AvgIpc) is 2.87. The lowest BCUT2D eigenvalue weighted by molar-refractivity contribution is 0.0520. The highest BCUT2D eigenvalue weighted by atomic mass is 16.6. The molecule has 4 nitrogen and oxygen atoms in total. The van der Waals surface area contributed by atoms with E-state index < -0.39 is 5.60 Å². The summed E-state index contributed by atoms with van der Waals surface area (Å²) in [5.41, 5.74) is -0.434. The van der Waals surface area contributed by atoms with Crippen LogP contribution in [0, 0.1) is 5.92 Å². The van der Waals surface area contributed by atoms with Crippen molar-refractivity contribution in [2.24, 2.45) is 5.92 Å². The van der Waals surface area contributed by atoms with E-state index in [0.717, 1.165) is 12.3 Å². The number of unbranched alkanes of at least 4 members (excludes halogenated alkanes) is 1. The van der Waals surface area contributed by atoms with Gasteiger partial charge in [-0.3, -0.25) is 0 Å². The van der Waals surface area contributed by atoms with Gasteiger partial charge in [0.2, 0.25) is 0 Å². The predicted octanol–water partition coefficient (Wildman–Crippen LogP) is 4.24. The highest BCUT2D eigenvalue weighted by molar-refractivity contribution is 5.67. The average molecular weight is 312 g/mol. The second-order valence-electron chi connectivity index (χ2n) is 7.67. The number of nitrogens with one attached hydrogen (secondary N) is 2. The van der Waals surface area contributed by atoms with Gasteiger partial charge in [-0.05, 0) is 52.4 Å². The molecular weight excluding hydrogens is 276 g/mol. The topological polar surface area (TPSA) is 50.4 Å². The van der Waals surface area contributed by atoms with Crippen LogP contribution in [-0.2, 0) is 4.74 Å². The van der Waals surface area contributed by atoms with Crippen LogP contribution in [0.2, 0.25) is 0 Å². The minimum absolute atomic E-state index is 0.311. The van der Waals surface area contributed by atoms with Crippen LogP contribution in [0.3, 0.4) is 0 Å². The zero-order chi connectivity index (χ0) is 16.6. The highest BCUT2D eigenvalue weighted by Crippen LogP contribution is 2.28. The number of carbonyl (C=O) groups excluding carboxylic acids is 1. The Kier molecular flexibility index (Phi) is 8.23. The summed E-state index contributed by atoms with van der Waals surface area (Å²) in [6.07, 6.45) is 8.36. The van der Waals surface area contributed by atoms with Gasteiger partial charge >= 0.3 is 6.09 Å². The molecule has 1 aliphatic carbocycles. The molecule has 1 fully saturated rings. The molecule has 3 atom stereocenters. The van der Waals surface area contributed by atoms with Gasteiger partial charge < -0.3 is 15.4 Å². The lowest BCUT2D eigenvalue weighted by Gasteiger charge is -2.25. The molecule has 1 aliphatic rings. The van der Waals surface area contributed by atoms with Gasteiger partial charge in [0, 0.05) is 18.6 Å². The number of carbonyl (C=O) groups is 1. The maximum Gasteiger partial charge on any atom is 0.407 e. The van der Waals surface area contributed by atoms with Crippen LogP contribution >= 0.6 is 0 Å². The van der Waals surface area contributed by atoms with E-state index in [1.807, 2.05) is 20.8 Å². The Morgan fingerprint density at radius 2 is 2.00 bits per heavy atom. The molecule has 0 bridgehead atoms. The number of rotatable bonds is 8. The van der Waals surface area contributed by atoms with Gasteiger partial charge in [-0.15, -0.1) is 0 Å². The maximum absolute atomic E-state index is 11.8. The first-order valence-corrected chi connectivity index (χ1v) is 9.07. The Hall–Kier alpha value is -0.770. The lowest BCUT2D eigenvalue weighted by Crippen LogP contribution is -2.45. The number of alkyl carbamates (subject to hydrolysis) is 1. The van der Waals surface area contributed by atoms with E-state index in [4.69, 9.17) is 4.74 Å². The Labute approximate surface area is 136 Å². The minimum atomic E-state index is -0.434. The smallest absolute Gasteiger partial charge is 0.407 e. The number of amides is 1. The van der Waals surface area contributed by atoms with Crippen molar-refractivity contribution in [1.29, 1.82) is 0 Å². The minimum Gasteiger partial charge on any atom is -0.444 e. The quantitative estimate of drug-likeness (QED) is 0.705. The molecule has 3 unspecified atom stereocenters. The normalized spacial score (nSPS) is 23.3. The Morgan fingerprint density at radius 3 is 2.55 bits per heavy atom. The molecule has 2 N–H and O–H groups in total. The second kappa shape index (κ2) is 9.39. The van der Waals surface area contributed by atoms with Crippen molar-refractivity contribution >= 4 is 6.09 Å². The Bertz CT molecular complexity index is 326. The van der Waals surface area contributed by atoms with E-state index in [0.29, 0.717) is 18.6 Å². The van der Waals surface area contributed by atoms with Gasteiger partial charge in [-0.2, -0.15) is 0 Å². The molecule has 0 spiro atoms. The van der Waals surface area contributed by atoms with Crippen LogP contribution in [0.1, 0.15) is 79.6 Å². The molecule has 0 aromatic carbocycles. The van der Waals surface area contributed by atoms with Crippen molar-refractivity contribution in [2.75, 3.05) is 6.54 Å². The van der Waals surface area contributed by atoms with E-state index in [1.165, 1.54) is 38.5 Å². The SMILES string of the molecule is CCCCC(CNC(=O)OC(C)(C)C)NC1CCC(CC)C1. The molecule has 0 radical (unpaired) electrons. The van der Waals surface area contributed by atoms with Crippen LogP contribution in [0.15, 0.2) is 0 Å². The summed E-state index contributed by atoms with van der Waals surface area (Å²) in [5, 5.41) is 6.69. The van der Waals surface area contributed by atoms with Gasteiger partial charge in [0.25, 0.3) is 0 Å². The van der Waals surface area contributed by atoms with Gasteiger partial charge in [0.1, 0.15) is 5.60 Å². The number of hydrogen-bond acceptors (Lipinski definition) is 3. The van der Waals surface area contributed by atoms with E-state index in [9.17, 15) is 4.79 Å². The summed E-state index contributed by atoms with van der Waals surface area (Å²) in [7, 11) is 0. The van der Waals surface area contributed by atoms with Crippen molar-refractivity contribution in [1.82, 2.24) is 10.6 Å². The van der Waals surface area contributed by atoms with Gasteiger partial charge in [-0.25, -0.2) is 4.79 Å². The molecule has 130 valence electrons. The van der Waals surface area contributed by atoms with Crippen LogP contribution in [-0.4, -0.2) is 30.3 Å². The first kappa shape index (κ1) is 19.3. The number of hydrogen-bond donors (Lipinski definition) is 2. The molecule has 22 heavy (non-hydrogen) atoms. The van der Waals surface area contributed by atoms with Crippen LogP contribution in [0.4, 0.5) is 4.79 Å². The zero-order valence-corrected chi connectivity index (χ0v) is 15.2. The van der Waals surface area contributed by atoms with Crippen LogP contribution in [0.5, 0.6) is 0 Å². The molecule has 4 heteroatoms. The molecule has 0 saturated heterocycles.